The first-order chi connectivity index (χ1) is 9.16. The van der Waals surface area contributed by atoms with Crippen molar-refractivity contribution in [2.24, 2.45) is 11.3 Å². The molecule has 0 N–H and O–H groups in total. The minimum absolute atomic E-state index is 0.0236. The molecule has 0 radical (unpaired) electrons. The van der Waals surface area contributed by atoms with E-state index >= 15 is 0 Å². The second kappa shape index (κ2) is 6.52. The Morgan fingerprint density at radius 3 is 2.50 bits per heavy atom. The maximum absolute atomic E-state index is 13.8. The lowest BCUT2D eigenvalue weighted by Gasteiger charge is -2.29. The highest BCUT2D eigenvalue weighted by Gasteiger charge is 2.25. The van der Waals surface area contributed by atoms with Crippen LogP contribution in [0.5, 0.6) is 5.75 Å². The molecular formula is C14H19BrFNO3. The maximum Gasteiger partial charge on any atom is 0.275 e. The molecule has 4 nitrogen and oxygen atoms in total. The fraction of sp³-hybridized carbons (Fsp3) is 0.571. The standard InChI is InChI=1S/C14H19BrFNO3/c1-9-5-13(11(16)6-12(9)17(18)19)20-8-10(7-15)14(2,3)4/h5-6,10H,7-8H2,1-4H3. The van der Waals surface area contributed by atoms with Crippen molar-refractivity contribution in [3.63, 3.8) is 0 Å². The van der Waals surface area contributed by atoms with Gasteiger partial charge in [-0.2, -0.15) is 0 Å². The highest BCUT2D eigenvalue weighted by atomic mass is 79.9. The summed E-state index contributed by atoms with van der Waals surface area (Å²) in [7, 11) is 0. The minimum Gasteiger partial charge on any atom is -0.490 e. The van der Waals surface area contributed by atoms with Crippen molar-refractivity contribution in [2.75, 3.05) is 11.9 Å². The van der Waals surface area contributed by atoms with Gasteiger partial charge in [0.2, 0.25) is 0 Å². The first kappa shape index (κ1) is 16.9. The fourth-order valence-electron chi connectivity index (χ4n) is 1.67. The van der Waals surface area contributed by atoms with E-state index in [1.54, 1.807) is 6.92 Å². The third kappa shape index (κ3) is 4.16. The Labute approximate surface area is 126 Å². The van der Waals surface area contributed by atoms with Gasteiger partial charge in [-0.25, -0.2) is 4.39 Å². The van der Waals surface area contributed by atoms with E-state index in [-0.39, 0.29) is 22.8 Å². The molecule has 1 aromatic carbocycles. The Bertz CT molecular complexity index is 500. The van der Waals surface area contributed by atoms with Crippen molar-refractivity contribution in [2.45, 2.75) is 27.7 Å². The largest absolute Gasteiger partial charge is 0.490 e. The van der Waals surface area contributed by atoms with Crippen LogP contribution in [0.1, 0.15) is 26.3 Å². The molecule has 1 unspecified atom stereocenters. The normalized spacial score (nSPS) is 13.1. The molecule has 1 atom stereocenters. The number of alkyl halides is 1. The van der Waals surface area contributed by atoms with Crippen LogP contribution in [0.2, 0.25) is 0 Å². The Morgan fingerprint density at radius 1 is 1.45 bits per heavy atom. The second-order valence-electron chi connectivity index (χ2n) is 5.85. The number of nitro groups is 1. The smallest absolute Gasteiger partial charge is 0.275 e. The molecule has 1 rings (SSSR count). The van der Waals surface area contributed by atoms with Crippen LogP contribution >= 0.6 is 15.9 Å². The van der Waals surface area contributed by atoms with Gasteiger partial charge in [0, 0.05) is 16.8 Å². The lowest BCUT2D eigenvalue weighted by Crippen LogP contribution is -2.28. The summed E-state index contributed by atoms with van der Waals surface area (Å²) in [6, 6.07) is 2.28. The lowest BCUT2D eigenvalue weighted by molar-refractivity contribution is -0.385. The van der Waals surface area contributed by atoms with E-state index in [4.69, 9.17) is 4.74 Å². The monoisotopic (exact) mass is 347 g/mol. The summed E-state index contributed by atoms with van der Waals surface area (Å²) in [6.07, 6.45) is 0. The van der Waals surface area contributed by atoms with Crippen LogP contribution in [0.3, 0.4) is 0 Å². The maximum atomic E-state index is 13.8. The van der Waals surface area contributed by atoms with Crippen molar-refractivity contribution in [3.8, 4) is 5.75 Å². The molecule has 20 heavy (non-hydrogen) atoms. The van der Waals surface area contributed by atoms with Gasteiger partial charge < -0.3 is 4.74 Å². The molecule has 112 valence electrons. The minimum atomic E-state index is -0.704. The molecule has 0 aliphatic carbocycles. The third-order valence-electron chi connectivity index (χ3n) is 3.30. The molecule has 0 aromatic heterocycles. The number of aryl methyl sites for hydroxylation is 1. The van der Waals surface area contributed by atoms with E-state index in [9.17, 15) is 14.5 Å². The summed E-state index contributed by atoms with van der Waals surface area (Å²) in [5.41, 5.74) is 0.177. The first-order valence-electron chi connectivity index (χ1n) is 6.30. The number of hydrogen-bond donors (Lipinski definition) is 0. The van der Waals surface area contributed by atoms with Gasteiger partial charge in [0.05, 0.1) is 17.6 Å². The summed E-state index contributed by atoms with van der Waals surface area (Å²) < 4.78 is 19.3. The van der Waals surface area contributed by atoms with E-state index in [0.29, 0.717) is 12.2 Å². The fourth-order valence-corrected chi connectivity index (χ4v) is 2.83. The third-order valence-corrected chi connectivity index (χ3v) is 4.08. The van der Waals surface area contributed by atoms with E-state index in [1.807, 2.05) is 0 Å². The number of ether oxygens (including phenoxy) is 1. The SMILES string of the molecule is Cc1cc(OCC(CBr)C(C)(C)C)c(F)cc1[N+](=O)[O-]. The Kier molecular flexibility index (Phi) is 5.50. The highest BCUT2D eigenvalue weighted by molar-refractivity contribution is 9.09. The number of benzene rings is 1. The number of hydrogen-bond acceptors (Lipinski definition) is 3. The Hall–Kier alpha value is -1.17. The average Bonchev–Trinajstić information content (AvgIpc) is 2.31. The number of nitro benzene ring substituents is 1. The van der Waals surface area contributed by atoms with Gasteiger partial charge in [-0.05, 0) is 18.4 Å². The van der Waals surface area contributed by atoms with Crippen molar-refractivity contribution < 1.29 is 14.1 Å². The second-order valence-corrected chi connectivity index (χ2v) is 6.50. The van der Waals surface area contributed by atoms with Crippen LogP contribution in [-0.4, -0.2) is 16.9 Å². The first-order valence-corrected chi connectivity index (χ1v) is 7.42. The number of halogens is 2. The molecule has 0 aliphatic rings. The van der Waals surface area contributed by atoms with Gasteiger partial charge in [-0.15, -0.1) is 0 Å². The van der Waals surface area contributed by atoms with Crippen molar-refractivity contribution in [3.05, 3.63) is 33.6 Å². The van der Waals surface area contributed by atoms with Gasteiger partial charge in [0.15, 0.2) is 11.6 Å². The summed E-state index contributed by atoms with van der Waals surface area (Å²) in [5, 5.41) is 11.5. The zero-order valence-corrected chi connectivity index (χ0v) is 13.7. The van der Waals surface area contributed by atoms with E-state index < -0.39 is 10.7 Å². The lowest BCUT2D eigenvalue weighted by atomic mass is 9.83. The topological polar surface area (TPSA) is 52.4 Å². The van der Waals surface area contributed by atoms with Gasteiger partial charge in [0.1, 0.15) is 0 Å². The van der Waals surface area contributed by atoms with Crippen LogP contribution in [0.4, 0.5) is 10.1 Å². The van der Waals surface area contributed by atoms with Crippen LogP contribution < -0.4 is 4.74 Å². The van der Waals surface area contributed by atoms with Gasteiger partial charge >= 0.3 is 0 Å². The van der Waals surface area contributed by atoms with Crippen molar-refractivity contribution >= 4 is 21.6 Å². The van der Waals surface area contributed by atoms with Crippen LogP contribution in [-0.2, 0) is 0 Å². The molecule has 0 amide bonds. The quantitative estimate of drug-likeness (QED) is 0.448. The van der Waals surface area contributed by atoms with Gasteiger partial charge in [0.25, 0.3) is 5.69 Å². The van der Waals surface area contributed by atoms with Crippen LogP contribution in [0.25, 0.3) is 0 Å². The Morgan fingerprint density at radius 2 is 2.05 bits per heavy atom. The van der Waals surface area contributed by atoms with Crippen LogP contribution in [0, 0.1) is 34.2 Å². The molecule has 1 aromatic rings. The molecule has 0 fully saturated rings. The predicted molar refractivity (Wildman–Crippen MR) is 80.0 cm³/mol. The zero-order chi connectivity index (χ0) is 15.5. The highest BCUT2D eigenvalue weighted by Crippen LogP contribution is 2.31. The molecule has 0 spiro atoms. The molecular weight excluding hydrogens is 329 g/mol. The Balaban J connectivity index is 2.89. The summed E-state index contributed by atoms with van der Waals surface area (Å²) in [6.45, 7) is 8.16. The summed E-state index contributed by atoms with van der Waals surface area (Å²) in [5.74, 6) is -0.440. The van der Waals surface area contributed by atoms with Crippen molar-refractivity contribution in [1.29, 1.82) is 0 Å². The predicted octanol–water partition coefficient (Wildman–Crippen LogP) is 4.48. The molecule has 0 heterocycles. The van der Waals surface area contributed by atoms with E-state index in [2.05, 4.69) is 36.7 Å². The number of rotatable bonds is 5. The van der Waals surface area contributed by atoms with E-state index in [0.717, 1.165) is 11.4 Å². The summed E-state index contributed by atoms with van der Waals surface area (Å²) >= 11 is 3.43. The molecule has 6 heteroatoms. The molecule has 0 bridgehead atoms. The molecule has 0 saturated carbocycles. The van der Waals surface area contributed by atoms with Crippen LogP contribution in [0.15, 0.2) is 12.1 Å². The molecule has 0 saturated heterocycles. The average molecular weight is 348 g/mol. The van der Waals surface area contributed by atoms with Gasteiger partial charge in [-0.1, -0.05) is 36.7 Å². The zero-order valence-electron chi connectivity index (χ0n) is 12.1. The van der Waals surface area contributed by atoms with Gasteiger partial charge in [-0.3, -0.25) is 10.1 Å². The molecule has 0 aliphatic heterocycles. The van der Waals surface area contributed by atoms with E-state index in [1.165, 1.54) is 6.07 Å². The number of nitrogens with zero attached hydrogens (tertiary/aromatic N) is 1. The van der Waals surface area contributed by atoms with Crippen molar-refractivity contribution in [1.82, 2.24) is 0 Å². The summed E-state index contributed by atoms with van der Waals surface area (Å²) in [4.78, 5) is 10.1.